The molecule has 1 aromatic heterocycles. The largest absolute Gasteiger partial charge is 0.348 e. The van der Waals surface area contributed by atoms with Gasteiger partial charge in [-0.25, -0.2) is 4.68 Å². The molecule has 1 N–H and O–H groups in total. The van der Waals surface area contributed by atoms with Crippen molar-refractivity contribution in [3.8, 4) is 0 Å². The molecule has 1 amide bonds. The number of likely N-dealkylation sites (tertiary alicyclic amines) is 1. The molecule has 2 aromatic carbocycles. The van der Waals surface area contributed by atoms with Crippen LogP contribution in [-0.4, -0.2) is 44.9 Å². The van der Waals surface area contributed by atoms with Crippen LogP contribution in [0, 0.1) is 0 Å². The highest BCUT2D eigenvalue weighted by atomic mass is 35.5. The fraction of sp³-hybridized carbons (Fsp3) is 0.318. The zero-order valence-electron chi connectivity index (χ0n) is 16.2. The number of hydrogen-bond donors (Lipinski definition) is 1. The first-order valence-electron chi connectivity index (χ1n) is 9.87. The first kappa shape index (κ1) is 19.6. The highest BCUT2D eigenvalue weighted by molar-refractivity contribution is 6.30. The lowest BCUT2D eigenvalue weighted by molar-refractivity contribution is 0.0904. The van der Waals surface area contributed by atoms with Crippen molar-refractivity contribution < 1.29 is 4.79 Å². The summed E-state index contributed by atoms with van der Waals surface area (Å²) in [5.74, 6) is -0.152. The molecule has 1 fully saturated rings. The highest BCUT2D eigenvalue weighted by Gasteiger charge is 2.22. The van der Waals surface area contributed by atoms with Crippen LogP contribution in [0.2, 0.25) is 5.02 Å². The normalized spacial score (nSPS) is 15.3. The second-order valence-corrected chi connectivity index (χ2v) is 7.87. The number of nitrogens with one attached hydrogen (secondary N) is 1. The number of piperidine rings is 1. The van der Waals surface area contributed by atoms with Gasteiger partial charge >= 0.3 is 0 Å². The molecule has 0 bridgehead atoms. The van der Waals surface area contributed by atoms with Gasteiger partial charge in [0.15, 0.2) is 5.69 Å². The van der Waals surface area contributed by atoms with E-state index in [-0.39, 0.29) is 11.9 Å². The summed E-state index contributed by atoms with van der Waals surface area (Å²) < 4.78 is 1.69. The molecule has 0 atom stereocenters. The van der Waals surface area contributed by atoms with Crippen molar-refractivity contribution in [2.75, 3.05) is 13.1 Å². The number of carbonyl (C=O) groups excluding carboxylic acids is 1. The Morgan fingerprint density at radius 2 is 1.69 bits per heavy atom. The fourth-order valence-electron chi connectivity index (χ4n) is 3.59. The second kappa shape index (κ2) is 9.20. The molecule has 6 nitrogen and oxygen atoms in total. The van der Waals surface area contributed by atoms with Gasteiger partial charge in [0.1, 0.15) is 0 Å². The minimum Gasteiger partial charge on any atom is -0.348 e. The van der Waals surface area contributed by atoms with E-state index in [1.54, 1.807) is 10.9 Å². The summed E-state index contributed by atoms with van der Waals surface area (Å²) in [5.41, 5.74) is 2.74. The van der Waals surface area contributed by atoms with E-state index in [4.69, 9.17) is 11.6 Å². The van der Waals surface area contributed by atoms with E-state index >= 15 is 0 Å². The standard InChI is InChI=1S/C22H24ClN5O/c23-19-8-6-18(7-9-19)14-27-12-10-20(11-13-27)24-22(29)21-16-28(26-25-21)15-17-4-2-1-3-5-17/h1-9,16,20H,10-15H2,(H,24,29). The number of halogens is 1. The van der Waals surface area contributed by atoms with E-state index in [0.717, 1.165) is 43.1 Å². The molecule has 1 aliphatic rings. The monoisotopic (exact) mass is 409 g/mol. The van der Waals surface area contributed by atoms with Crippen LogP contribution < -0.4 is 5.32 Å². The predicted molar refractivity (Wildman–Crippen MR) is 113 cm³/mol. The van der Waals surface area contributed by atoms with Crippen molar-refractivity contribution in [1.29, 1.82) is 0 Å². The number of nitrogens with zero attached hydrogens (tertiary/aromatic N) is 4. The number of carbonyl (C=O) groups is 1. The topological polar surface area (TPSA) is 63.1 Å². The first-order valence-corrected chi connectivity index (χ1v) is 10.3. The fourth-order valence-corrected chi connectivity index (χ4v) is 3.72. The molecule has 150 valence electrons. The Labute approximate surface area is 175 Å². The summed E-state index contributed by atoms with van der Waals surface area (Å²) in [6.45, 7) is 3.42. The number of aromatic nitrogens is 3. The van der Waals surface area contributed by atoms with Crippen LogP contribution in [0.5, 0.6) is 0 Å². The molecular formula is C22H24ClN5O. The summed E-state index contributed by atoms with van der Waals surface area (Å²) in [6.07, 6.45) is 3.56. The molecule has 3 aromatic rings. The van der Waals surface area contributed by atoms with Crippen LogP contribution in [0.25, 0.3) is 0 Å². The van der Waals surface area contributed by atoms with Gasteiger partial charge < -0.3 is 5.32 Å². The quantitative estimate of drug-likeness (QED) is 0.678. The molecule has 7 heteroatoms. The number of benzene rings is 2. The van der Waals surface area contributed by atoms with Gasteiger partial charge in [-0.15, -0.1) is 5.10 Å². The maximum absolute atomic E-state index is 12.5. The van der Waals surface area contributed by atoms with Gasteiger partial charge in [-0.3, -0.25) is 9.69 Å². The first-order chi connectivity index (χ1) is 14.2. The molecule has 1 aliphatic heterocycles. The van der Waals surface area contributed by atoms with Crippen molar-refractivity contribution in [1.82, 2.24) is 25.2 Å². The Bertz CT molecular complexity index is 933. The minimum absolute atomic E-state index is 0.152. The highest BCUT2D eigenvalue weighted by Crippen LogP contribution is 2.16. The zero-order valence-corrected chi connectivity index (χ0v) is 16.9. The van der Waals surface area contributed by atoms with Crippen molar-refractivity contribution in [3.05, 3.63) is 82.6 Å². The van der Waals surface area contributed by atoms with Gasteiger partial charge in [-0.2, -0.15) is 0 Å². The van der Waals surface area contributed by atoms with Crippen molar-refractivity contribution >= 4 is 17.5 Å². The molecule has 2 heterocycles. The average molecular weight is 410 g/mol. The van der Waals surface area contributed by atoms with Gasteiger partial charge in [0.05, 0.1) is 12.7 Å². The van der Waals surface area contributed by atoms with Crippen LogP contribution in [0.4, 0.5) is 0 Å². The van der Waals surface area contributed by atoms with Crippen molar-refractivity contribution in [2.24, 2.45) is 0 Å². The molecular weight excluding hydrogens is 386 g/mol. The van der Waals surface area contributed by atoms with Crippen LogP contribution in [-0.2, 0) is 13.1 Å². The maximum atomic E-state index is 12.5. The van der Waals surface area contributed by atoms with Gasteiger partial charge in [-0.05, 0) is 36.1 Å². The molecule has 1 saturated heterocycles. The van der Waals surface area contributed by atoms with E-state index in [2.05, 4.69) is 32.7 Å². The van der Waals surface area contributed by atoms with Gasteiger partial charge in [0.2, 0.25) is 0 Å². The van der Waals surface area contributed by atoms with E-state index in [1.165, 1.54) is 5.56 Å². The third kappa shape index (κ3) is 5.43. The molecule has 0 radical (unpaired) electrons. The Morgan fingerprint density at radius 1 is 1.00 bits per heavy atom. The zero-order chi connectivity index (χ0) is 20.1. The summed E-state index contributed by atoms with van der Waals surface area (Å²) in [6, 6.07) is 18.2. The van der Waals surface area contributed by atoms with E-state index < -0.39 is 0 Å². The number of rotatable bonds is 6. The van der Waals surface area contributed by atoms with Crippen molar-refractivity contribution in [2.45, 2.75) is 32.0 Å². The number of hydrogen-bond acceptors (Lipinski definition) is 4. The summed E-state index contributed by atoms with van der Waals surface area (Å²) in [7, 11) is 0. The number of amides is 1. The maximum Gasteiger partial charge on any atom is 0.273 e. The summed E-state index contributed by atoms with van der Waals surface area (Å²) >= 11 is 5.95. The Kier molecular flexibility index (Phi) is 6.22. The third-order valence-corrected chi connectivity index (χ3v) is 5.45. The lowest BCUT2D eigenvalue weighted by Crippen LogP contribution is -2.44. The average Bonchev–Trinajstić information content (AvgIpc) is 3.21. The van der Waals surface area contributed by atoms with Crippen molar-refractivity contribution in [3.63, 3.8) is 0 Å². The SMILES string of the molecule is O=C(NC1CCN(Cc2ccc(Cl)cc2)CC1)c1cn(Cc2ccccc2)nn1. The summed E-state index contributed by atoms with van der Waals surface area (Å²) in [5, 5.41) is 12.0. The van der Waals surface area contributed by atoms with E-state index in [1.807, 2.05) is 42.5 Å². The minimum atomic E-state index is -0.152. The second-order valence-electron chi connectivity index (χ2n) is 7.44. The molecule has 29 heavy (non-hydrogen) atoms. The van der Waals surface area contributed by atoms with Crippen LogP contribution in [0.1, 0.15) is 34.5 Å². The van der Waals surface area contributed by atoms with Gasteiger partial charge in [0.25, 0.3) is 5.91 Å². The van der Waals surface area contributed by atoms with Crippen LogP contribution >= 0.6 is 11.6 Å². The van der Waals surface area contributed by atoms with Gasteiger partial charge in [0, 0.05) is 30.7 Å². The molecule has 4 rings (SSSR count). The molecule has 0 saturated carbocycles. The van der Waals surface area contributed by atoms with Crippen LogP contribution in [0.15, 0.2) is 60.8 Å². The van der Waals surface area contributed by atoms with E-state index in [0.29, 0.717) is 12.2 Å². The summed E-state index contributed by atoms with van der Waals surface area (Å²) in [4.78, 5) is 14.9. The lowest BCUT2D eigenvalue weighted by atomic mass is 10.0. The lowest BCUT2D eigenvalue weighted by Gasteiger charge is -2.32. The Hall–Kier alpha value is -2.70. The molecule has 0 spiro atoms. The van der Waals surface area contributed by atoms with Gasteiger partial charge in [-0.1, -0.05) is 59.3 Å². The third-order valence-electron chi connectivity index (χ3n) is 5.20. The van der Waals surface area contributed by atoms with Crippen LogP contribution in [0.3, 0.4) is 0 Å². The Balaban J connectivity index is 1.25. The Morgan fingerprint density at radius 3 is 2.41 bits per heavy atom. The molecule has 0 aliphatic carbocycles. The predicted octanol–water partition coefficient (Wildman–Crippen LogP) is 3.37. The molecule has 0 unspecified atom stereocenters. The van der Waals surface area contributed by atoms with E-state index in [9.17, 15) is 4.79 Å². The smallest absolute Gasteiger partial charge is 0.273 e.